The Kier molecular flexibility index (Phi) is 3.76. The Bertz CT molecular complexity index is 641. The Balaban J connectivity index is 2.32. The van der Waals surface area contributed by atoms with E-state index in [0.29, 0.717) is 27.1 Å². The third kappa shape index (κ3) is 2.88. The quantitative estimate of drug-likeness (QED) is 0.910. The number of carbonyl (C=O) groups excluding carboxylic acids is 1. The van der Waals surface area contributed by atoms with Crippen LogP contribution in [0.2, 0.25) is 0 Å². The van der Waals surface area contributed by atoms with E-state index in [0.717, 1.165) is 0 Å². The summed E-state index contributed by atoms with van der Waals surface area (Å²) < 4.78 is 6.23. The van der Waals surface area contributed by atoms with Gasteiger partial charge in [-0.1, -0.05) is 6.07 Å². The summed E-state index contributed by atoms with van der Waals surface area (Å²) in [6, 6.07) is 9.93. The minimum atomic E-state index is -0.507. The van der Waals surface area contributed by atoms with E-state index in [1.807, 2.05) is 0 Å². The molecule has 0 saturated carbocycles. The molecule has 0 aliphatic rings. The van der Waals surface area contributed by atoms with Gasteiger partial charge in [0.15, 0.2) is 0 Å². The van der Waals surface area contributed by atoms with Crippen molar-refractivity contribution in [3.8, 4) is 17.2 Å². The van der Waals surface area contributed by atoms with Gasteiger partial charge in [-0.05, 0) is 53.2 Å². The van der Waals surface area contributed by atoms with E-state index < -0.39 is 5.91 Å². The lowest BCUT2D eigenvalue weighted by Gasteiger charge is -2.10. The number of hydrogen-bond donors (Lipinski definition) is 2. The zero-order valence-corrected chi connectivity index (χ0v) is 11.8. The molecule has 1 amide bonds. The van der Waals surface area contributed by atoms with Gasteiger partial charge in [0.2, 0.25) is 5.91 Å². The SMILES string of the molecule is Cc1c(O)cccc1Oc1ccc(C(N)=O)c(Br)c1. The van der Waals surface area contributed by atoms with E-state index in [2.05, 4.69) is 15.9 Å². The Morgan fingerprint density at radius 3 is 2.68 bits per heavy atom. The number of halogens is 1. The molecule has 0 fully saturated rings. The minimum Gasteiger partial charge on any atom is -0.508 e. The number of phenols is 1. The number of ether oxygens (including phenoxy) is 1. The van der Waals surface area contributed by atoms with Gasteiger partial charge in [0.05, 0.1) is 5.56 Å². The van der Waals surface area contributed by atoms with E-state index >= 15 is 0 Å². The molecule has 2 aromatic rings. The summed E-state index contributed by atoms with van der Waals surface area (Å²) in [6.45, 7) is 1.76. The fraction of sp³-hybridized carbons (Fsp3) is 0.0714. The number of hydrogen-bond acceptors (Lipinski definition) is 3. The van der Waals surface area contributed by atoms with Crippen LogP contribution in [0.4, 0.5) is 0 Å². The van der Waals surface area contributed by atoms with E-state index in [1.165, 1.54) is 0 Å². The maximum absolute atomic E-state index is 11.1. The van der Waals surface area contributed by atoms with Crippen LogP contribution in [-0.4, -0.2) is 11.0 Å². The molecule has 0 spiro atoms. The molecule has 98 valence electrons. The zero-order valence-electron chi connectivity index (χ0n) is 10.2. The van der Waals surface area contributed by atoms with Gasteiger partial charge in [-0.2, -0.15) is 0 Å². The third-order valence-electron chi connectivity index (χ3n) is 2.69. The smallest absolute Gasteiger partial charge is 0.249 e. The van der Waals surface area contributed by atoms with Crippen molar-refractivity contribution < 1.29 is 14.6 Å². The molecule has 3 N–H and O–H groups in total. The molecular formula is C14H12BrNO3. The first-order chi connectivity index (χ1) is 8.99. The van der Waals surface area contributed by atoms with E-state index in [9.17, 15) is 9.90 Å². The van der Waals surface area contributed by atoms with Gasteiger partial charge in [0.25, 0.3) is 0 Å². The third-order valence-corrected chi connectivity index (χ3v) is 3.35. The molecule has 0 atom stereocenters. The molecule has 0 aliphatic heterocycles. The number of primary amides is 1. The van der Waals surface area contributed by atoms with Crippen LogP contribution in [0.1, 0.15) is 15.9 Å². The van der Waals surface area contributed by atoms with Gasteiger partial charge >= 0.3 is 0 Å². The van der Waals surface area contributed by atoms with Crippen LogP contribution >= 0.6 is 15.9 Å². The van der Waals surface area contributed by atoms with Gasteiger partial charge in [-0.3, -0.25) is 4.79 Å². The average Bonchev–Trinajstić information content (AvgIpc) is 2.34. The van der Waals surface area contributed by atoms with E-state index in [-0.39, 0.29) is 5.75 Å². The Morgan fingerprint density at radius 1 is 1.32 bits per heavy atom. The van der Waals surface area contributed by atoms with E-state index in [4.69, 9.17) is 10.5 Å². The molecule has 2 aromatic carbocycles. The maximum atomic E-state index is 11.1. The van der Waals surface area contributed by atoms with Crippen molar-refractivity contribution in [1.29, 1.82) is 0 Å². The molecule has 0 saturated heterocycles. The molecular weight excluding hydrogens is 310 g/mol. The fourth-order valence-electron chi connectivity index (χ4n) is 1.60. The molecule has 4 nitrogen and oxygen atoms in total. The van der Waals surface area contributed by atoms with Crippen LogP contribution < -0.4 is 10.5 Å². The summed E-state index contributed by atoms with van der Waals surface area (Å²) in [5.74, 6) is 0.765. The predicted octanol–water partition coefficient (Wildman–Crippen LogP) is 3.35. The van der Waals surface area contributed by atoms with Crippen molar-refractivity contribution in [2.75, 3.05) is 0 Å². The molecule has 0 heterocycles. The first-order valence-corrected chi connectivity index (χ1v) is 6.34. The van der Waals surface area contributed by atoms with Gasteiger partial charge in [0.1, 0.15) is 17.2 Å². The molecule has 0 aliphatic carbocycles. The first kappa shape index (κ1) is 13.4. The summed E-state index contributed by atoms with van der Waals surface area (Å²) in [5.41, 5.74) is 6.26. The highest BCUT2D eigenvalue weighted by Crippen LogP contribution is 2.32. The van der Waals surface area contributed by atoms with Crippen molar-refractivity contribution in [3.63, 3.8) is 0 Å². The lowest BCUT2D eigenvalue weighted by atomic mass is 10.2. The number of nitrogens with two attached hydrogens (primary N) is 1. The van der Waals surface area contributed by atoms with Crippen molar-refractivity contribution >= 4 is 21.8 Å². The van der Waals surface area contributed by atoms with Crippen molar-refractivity contribution in [2.45, 2.75) is 6.92 Å². The second kappa shape index (κ2) is 5.32. The standard InChI is InChI=1S/C14H12BrNO3/c1-8-12(17)3-2-4-13(8)19-9-5-6-10(14(16)18)11(15)7-9/h2-7,17H,1H3,(H2,16,18). The highest BCUT2D eigenvalue weighted by molar-refractivity contribution is 9.10. The van der Waals surface area contributed by atoms with Gasteiger partial charge in [0, 0.05) is 10.0 Å². The zero-order chi connectivity index (χ0) is 14.0. The number of benzene rings is 2. The Labute approximate surface area is 118 Å². The number of rotatable bonds is 3. The summed E-state index contributed by atoms with van der Waals surface area (Å²) >= 11 is 3.26. The van der Waals surface area contributed by atoms with Crippen LogP contribution in [-0.2, 0) is 0 Å². The molecule has 0 aromatic heterocycles. The summed E-state index contributed by atoms with van der Waals surface area (Å²) in [7, 11) is 0. The highest BCUT2D eigenvalue weighted by Gasteiger charge is 2.09. The second-order valence-corrected chi connectivity index (χ2v) is 4.86. The molecule has 0 radical (unpaired) electrons. The average molecular weight is 322 g/mol. The topological polar surface area (TPSA) is 72.6 Å². The van der Waals surface area contributed by atoms with Crippen molar-refractivity contribution in [1.82, 2.24) is 0 Å². The minimum absolute atomic E-state index is 0.172. The van der Waals surface area contributed by atoms with Crippen molar-refractivity contribution in [3.05, 3.63) is 52.0 Å². The van der Waals surface area contributed by atoms with Crippen LogP contribution in [0.15, 0.2) is 40.9 Å². The van der Waals surface area contributed by atoms with Gasteiger partial charge in [-0.25, -0.2) is 0 Å². The molecule has 0 unspecified atom stereocenters. The number of carbonyl (C=O) groups is 1. The summed E-state index contributed by atoms with van der Waals surface area (Å²) in [5, 5.41) is 9.60. The maximum Gasteiger partial charge on any atom is 0.249 e. The fourth-order valence-corrected chi connectivity index (χ4v) is 2.15. The highest BCUT2D eigenvalue weighted by atomic mass is 79.9. The van der Waals surface area contributed by atoms with Crippen LogP contribution in [0.5, 0.6) is 17.2 Å². The van der Waals surface area contributed by atoms with Gasteiger partial charge < -0.3 is 15.6 Å². The number of aromatic hydroxyl groups is 1. The van der Waals surface area contributed by atoms with Crippen LogP contribution in [0, 0.1) is 6.92 Å². The van der Waals surface area contributed by atoms with Gasteiger partial charge in [-0.15, -0.1) is 0 Å². The molecule has 19 heavy (non-hydrogen) atoms. The second-order valence-electron chi connectivity index (χ2n) is 4.01. The normalized spacial score (nSPS) is 10.2. The predicted molar refractivity (Wildman–Crippen MR) is 75.6 cm³/mol. The Morgan fingerprint density at radius 2 is 2.05 bits per heavy atom. The first-order valence-electron chi connectivity index (χ1n) is 5.55. The van der Waals surface area contributed by atoms with E-state index in [1.54, 1.807) is 43.3 Å². The lowest BCUT2D eigenvalue weighted by molar-refractivity contribution is 0.0999. The number of amides is 1. The van der Waals surface area contributed by atoms with Crippen LogP contribution in [0.3, 0.4) is 0 Å². The largest absolute Gasteiger partial charge is 0.508 e. The molecule has 0 bridgehead atoms. The summed E-state index contributed by atoms with van der Waals surface area (Å²) in [6.07, 6.45) is 0. The monoisotopic (exact) mass is 321 g/mol. The molecule has 2 rings (SSSR count). The molecule has 5 heteroatoms. The summed E-state index contributed by atoms with van der Waals surface area (Å²) in [4.78, 5) is 11.1. The van der Waals surface area contributed by atoms with Crippen LogP contribution in [0.25, 0.3) is 0 Å². The number of phenolic OH excluding ortho intramolecular Hbond substituents is 1. The lowest BCUT2D eigenvalue weighted by Crippen LogP contribution is -2.11. The Hall–Kier alpha value is -2.01. The van der Waals surface area contributed by atoms with Crippen molar-refractivity contribution in [2.24, 2.45) is 5.73 Å².